The van der Waals surface area contributed by atoms with Crippen LogP contribution < -0.4 is 4.74 Å². The summed E-state index contributed by atoms with van der Waals surface area (Å²) in [6, 6.07) is 15.3. The van der Waals surface area contributed by atoms with E-state index in [9.17, 15) is 0 Å². The summed E-state index contributed by atoms with van der Waals surface area (Å²) in [6.07, 6.45) is 1.74. The first-order valence-corrected chi connectivity index (χ1v) is 8.40. The second kappa shape index (κ2) is 6.17. The van der Waals surface area contributed by atoms with Crippen LogP contribution in [0.3, 0.4) is 0 Å². The summed E-state index contributed by atoms with van der Waals surface area (Å²) in [5.74, 6) is 1.19. The normalized spacial score (nSPS) is 11.3. The lowest BCUT2D eigenvalue weighted by Crippen LogP contribution is -2.02. The number of hydrogen-bond acceptors (Lipinski definition) is 7. The van der Waals surface area contributed by atoms with Crippen molar-refractivity contribution >= 4 is 16.6 Å². The van der Waals surface area contributed by atoms with Gasteiger partial charge in [0.25, 0.3) is 0 Å². The number of para-hydroxylation sites is 1. The van der Waals surface area contributed by atoms with Gasteiger partial charge in [-0.3, -0.25) is 4.98 Å². The molecule has 27 heavy (non-hydrogen) atoms. The molecule has 0 spiro atoms. The lowest BCUT2D eigenvalue weighted by molar-refractivity contribution is 0.294. The molecule has 0 saturated carbocycles. The van der Waals surface area contributed by atoms with Crippen molar-refractivity contribution in [3.8, 4) is 17.3 Å². The van der Waals surface area contributed by atoms with Gasteiger partial charge in [0.1, 0.15) is 18.1 Å². The number of ether oxygens (including phenoxy) is 1. The molecule has 0 amide bonds. The van der Waals surface area contributed by atoms with E-state index >= 15 is 0 Å². The predicted octanol–water partition coefficient (Wildman–Crippen LogP) is 3.21. The lowest BCUT2D eigenvalue weighted by atomic mass is 10.2. The summed E-state index contributed by atoms with van der Waals surface area (Å²) in [4.78, 5) is 8.96. The minimum Gasteiger partial charge on any atom is -0.471 e. The number of benzene rings is 1. The van der Waals surface area contributed by atoms with Gasteiger partial charge < -0.3 is 9.26 Å². The number of fused-ring (bicyclic) bond motifs is 3. The Morgan fingerprint density at radius 2 is 2.00 bits per heavy atom. The zero-order valence-corrected chi connectivity index (χ0v) is 14.4. The van der Waals surface area contributed by atoms with Crippen molar-refractivity contribution in [1.82, 2.24) is 30.0 Å². The Bertz CT molecular complexity index is 1250. The minimum atomic E-state index is 0.313. The Morgan fingerprint density at radius 3 is 2.81 bits per heavy atom. The topological polar surface area (TPSA) is 91.2 Å². The van der Waals surface area contributed by atoms with E-state index in [4.69, 9.17) is 9.26 Å². The molecule has 0 N–H and O–H groups in total. The zero-order chi connectivity index (χ0) is 18.2. The Kier molecular flexibility index (Phi) is 3.53. The largest absolute Gasteiger partial charge is 0.471 e. The van der Waals surface area contributed by atoms with Crippen LogP contribution in [0.1, 0.15) is 11.5 Å². The first-order valence-electron chi connectivity index (χ1n) is 8.40. The maximum atomic E-state index is 5.99. The summed E-state index contributed by atoms with van der Waals surface area (Å²) in [7, 11) is 0. The van der Waals surface area contributed by atoms with Gasteiger partial charge in [-0.2, -0.15) is 9.50 Å². The molecule has 0 atom stereocenters. The number of nitrogens with zero attached hydrogens (tertiary/aromatic N) is 6. The van der Waals surface area contributed by atoms with Gasteiger partial charge in [0.05, 0.1) is 16.6 Å². The van der Waals surface area contributed by atoms with Crippen LogP contribution in [0.25, 0.3) is 27.9 Å². The van der Waals surface area contributed by atoms with Crippen molar-refractivity contribution in [3.05, 3.63) is 66.2 Å². The summed E-state index contributed by atoms with van der Waals surface area (Å²) >= 11 is 0. The van der Waals surface area contributed by atoms with Crippen molar-refractivity contribution in [2.24, 2.45) is 0 Å². The van der Waals surface area contributed by atoms with E-state index in [1.165, 1.54) is 0 Å². The first kappa shape index (κ1) is 15.4. The summed E-state index contributed by atoms with van der Waals surface area (Å²) in [6.45, 7) is 2.14. The van der Waals surface area contributed by atoms with Crippen LogP contribution >= 0.6 is 0 Å². The van der Waals surface area contributed by atoms with E-state index in [1.807, 2.05) is 49.4 Å². The van der Waals surface area contributed by atoms with Gasteiger partial charge in [-0.1, -0.05) is 28.6 Å². The molecule has 8 heteroatoms. The highest BCUT2D eigenvalue weighted by Crippen LogP contribution is 2.29. The monoisotopic (exact) mass is 358 g/mol. The summed E-state index contributed by atoms with van der Waals surface area (Å²) < 4.78 is 12.8. The highest BCUT2D eigenvalue weighted by molar-refractivity contribution is 5.88. The fourth-order valence-electron chi connectivity index (χ4n) is 2.91. The number of aromatic nitrogens is 6. The van der Waals surface area contributed by atoms with E-state index in [0.29, 0.717) is 35.3 Å². The molecule has 132 valence electrons. The second-order valence-corrected chi connectivity index (χ2v) is 6.04. The van der Waals surface area contributed by atoms with Crippen molar-refractivity contribution in [2.45, 2.75) is 13.5 Å². The third-order valence-electron chi connectivity index (χ3n) is 4.17. The van der Waals surface area contributed by atoms with Gasteiger partial charge in [-0.05, 0) is 31.2 Å². The Hall–Kier alpha value is -3.81. The number of aryl methyl sites for hydroxylation is 1. The predicted molar refractivity (Wildman–Crippen MR) is 97.1 cm³/mol. The van der Waals surface area contributed by atoms with Crippen LogP contribution in [0.5, 0.6) is 5.88 Å². The van der Waals surface area contributed by atoms with Crippen LogP contribution in [0, 0.1) is 6.92 Å². The second-order valence-electron chi connectivity index (χ2n) is 6.04. The fraction of sp³-hybridized carbons (Fsp3) is 0.105. The molecule has 4 heterocycles. The summed E-state index contributed by atoms with van der Waals surface area (Å²) in [5, 5.41) is 13.4. The molecule has 8 nitrogen and oxygen atoms in total. The molecule has 0 aliphatic rings. The van der Waals surface area contributed by atoms with Crippen molar-refractivity contribution in [2.75, 3.05) is 0 Å². The number of rotatable bonds is 4. The average molecular weight is 358 g/mol. The maximum Gasteiger partial charge on any atom is 0.225 e. The molecule has 0 fully saturated rings. The third-order valence-corrected chi connectivity index (χ3v) is 4.17. The van der Waals surface area contributed by atoms with Crippen LogP contribution in [-0.4, -0.2) is 30.0 Å². The molecule has 0 bridgehead atoms. The van der Waals surface area contributed by atoms with Crippen molar-refractivity contribution in [1.29, 1.82) is 0 Å². The molecular formula is C19H14N6O2. The van der Waals surface area contributed by atoms with E-state index < -0.39 is 0 Å². The van der Waals surface area contributed by atoms with Crippen molar-refractivity contribution < 1.29 is 9.26 Å². The molecule has 0 unspecified atom stereocenters. The molecule has 5 aromatic rings. The van der Waals surface area contributed by atoms with Crippen LogP contribution in [0.4, 0.5) is 0 Å². The minimum absolute atomic E-state index is 0.313. The molecule has 4 aromatic heterocycles. The molecule has 0 aliphatic carbocycles. The van der Waals surface area contributed by atoms with Gasteiger partial charge in [0.15, 0.2) is 11.3 Å². The Balaban J connectivity index is 1.66. The lowest BCUT2D eigenvalue weighted by Gasteiger charge is -2.09. The average Bonchev–Trinajstić information content (AvgIpc) is 3.33. The van der Waals surface area contributed by atoms with Gasteiger partial charge in [-0.25, -0.2) is 0 Å². The van der Waals surface area contributed by atoms with E-state index in [1.54, 1.807) is 16.8 Å². The summed E-state index contributed by atoms with van der Waals surface area (Å²) in [5.41, 5.74) is 3.35. The first-order chi connectivity index (χ1) is 13.3. The zero-order valence-electron chi connectivity index (χ0n) is 14.4. The highest BCUT2D eigenvalue weighted by atomic mass is 16.5. The molecule has 0 saturated heterocycles. The van der Waals surface area contributed by atoms with Gasteiger partial charge in [-0.15, -0.1) is 5.10 Å². The van der Waals surface area contributed by atoms with Gasteiger partial charge >= 0.3 is 0 Å². The molecular weight excluding hydrogens is 344 g/mol. The third kappa shape index (κ3) is 2.67. The Labute approximate surface area is 153 Å². The number of hydrogen-bond donors (Lipinski definition) is 0. The Morgan fingerprint density at radius 1 is 1.11 bits per heavy atom. The van der Waals surface area contributed by atoms with Crippen molar-refractivity contribution in [3.63, 3.8) is 0 Å². The smallest absolute Gasteiger partial charge is 0.225 e. The van der Waals surface area contributed by atoms with Gasteiger partial charge in [0.2, 0.25) is 5.88 Å². The quantitative estimate of drug-likeness (QED) is 0.487. The fourth-order valence-corrected chi connectivity index (χ4v) is 2.91. The molecule has 1 aromatic carbocycles. The van der Waals surface area contributed by atoms with E-state index in [0.717, 1.165) is 16.6 Å². The standard InChI is InChI=1S/C19H14N6O2/c1-12-10-15(23-27-12)17-18-21-19(26-11-13-6-4-5-9-20-13)14-7-2-3-8-16(14)25(18)24-22-17/h2-10H,11H2,1H3. The maximum absolute atomic E-state index is 5.99. The van der Waals surface area contributed by atoms with E-state index in [-0.39, 0.29) is 0 Å². The van der Waals surface area contributed by atoms with E-state index in [2.05, 4.69) is 25.4 Å². The highest BCUT2D eigenvalue weighted by Gasteiger charge is 2.18. The van der Waals surface area contributed by atoms with Crippen LogP contribution in [0.2, 0.25) is 0 Å². The van der Waals surface area contributed by atoms with Crippen LogP contribution in [0.15, 0.2) is 59.3 Å². The SMILES string of the molecule is Cc1cc(-c2nnn3c2nc(OCc2ccccn2)c2ccccc23)no1. The molecule has 5 rings (SSSR count). The van der Waals surface area contributed by atoms with Gasteiger partial charge in [0, 0.05) is 12.3 Å². The molecule has 0 radical (unpaired) electrons. The number of pyridine rings is 1. The van der Waals surface area contributed by atoms with Crippen LogP contribution in [-0.2, 0) is 6.61 Å². The molecule has 0 aliphatic heterocycles.